The van der Waals surface area contributed by atoms with Gasteiger partial charge in [0.1, 0.15) is 11.3 Å². The Labute approximate surface area is 156 Å². The van der Waals surface area contributed by atoms with Gasteiger partial charge in [-0.2, -0.15) is 0 Å². The van der Waals surface area contributed by atoms with Crippen molar-refractivity contribution in [3.63, 3.8) is 0 Å². The molecule has 0 aliphatic carbocycles. The first-order valence-electron chi connectivity index (χ1n) is 8.59. The summed E-state index contributed by atoms with van der Waals surface area (Å²) in [5.74, 6) is 0.694. The predicted molar refractivity (Wildman–Crippen MR) is 104 cm³/mol. The van der Waals surface area contributed by atoms with Crippen LogP contribution in [0, 0.1) is 0 Å². The fourth-order valence-corrected chi connectivity index (χ4v) is 3.02. The van der Waals surface area contributed by atoms with Gasteiger partial charge in [-0.25, -0.2) is 0 Å². The second-order valence-electron chi connectivity index (χ2n) is 6.08. The summed E-state index contributed by atoms with van der Waals surface area (Å²) in [6.07, 6.45) is 3.42. The zero-order valence-electron chi connectivity index (χ0n) is 14.8. The number of aromatic nitrogens is 1. The molecule has 1 N–H and O–H groups in total. The van der Waals surface area contributed by atoms with E-state index >= 15 is 0 Å². The van der Waals surface area contributed by atoms with E-state index in [9.17, 15) is 4.79 Å². The van der Waals surface area contributed by atoms with Crippen molar-refractivity contribution in [3.8, 4) is 16.9 Å². The van der Waals surface area contributed by atoms with Gasteiger partial charge in [0.25, 0.3) is 5.91 Å². The number of rotatable bonds is 5. The number of fused-ring (bicyclic) bond motifs is 1. The van der Waals surface area contributed by atoms with E-state index in [2.05, 4.69) is 10.3 Å². The molecule has 0 radical (unpaired) electrons. The fourth-order valence-electron chi connectivity index (χ4n) is 3.02. The van der Waals surface area contributed by atoms with Gasteiger partial charge in [0.05, 0.1) is 7.11 Å². The number of hydrogen-bond donors (Lipinski definition) is 1. The molecule has 5 heteroatoms. The Morgan fingerprint density at radius 3 is 2.70 bits per heavy atom. The largest absolute Gasteiger partial charge is 0.497 e. The molecule has 134 valence electrons. The lowest BCUT2D eigenvalue weighted by molar-refractivity contribution is 0.0926. The lowest BCUT2D eigenvalue weighted by Crippen LogP contribution is -2.22. The topological polar surface area (TPSA) is 64.4 Å². The Balaban J connectivity index is 1.75. The Morgan fingerprint density at radius 2 is 1.96 bits per heavy atom. The van der Waals surface area contributed by atoms with E-state index in [0.717, 1.165) is 22.1 Å². The summed E-state index contributed by atoms with van der Waals surface area (Å²) in [4.78, 5) is 16.9. The van der Waals surface area contributed by atoms with Crippen molar-refractivity contribution < 1.29 is 13.9 Å². The Morgan fingerprint density at radius 1 is 1.11 bits per heavy atom. The molecule has 0 aliphatic heterocycles. The number of ether oxygens (including phenoxy) is 1. The molecule has 0 saturated carbocycles. The van der Waals surface area contributed by atoms with Crippen LogP contribution in [0.2, 0.25) is 0 Å². The zero-order chi connectivity index (χ0) is 18.6. The summed E-state index contributed by atoms with van der Waals surface area (Å²) in [7, 11) is 1.60. The van der Waals surface area contributed by atoms with Crippen LogP contribution in [0.3, 0.4) is 0 Å². The van der Waals surface area contributed by atoms with Gasteiger partial charge in [-0.3, -0.25) is 9.78 Å². The van der Waals surface area contributed by atoms with Crippen LogP contribution in [0.25, 0.3) is 22.1 Å². The van der Waals surface area contributed by atoms with Crippen molar-refractivity contribution in [1.82, 2.24) is 10.3 Å². The van der Waals surface area contributed by atoms with E-state index in [1.54, 1.807) is 25.6 Å². The van der Waals surface area contributed by atoms with E-state index in [1.807, 2.05) is 54.6 Å². The van der Waals surface area contributed by atoms with E-state index in [0.29, 0.717) is 17.9 Å². The number of furan rings is 1. The molecule has 0 spiro atoms. The molecular weight excluding hydrogens is 340 g/mol. The fraction of sp³-hybridized carbons (Fsp3) is 0.0909. The zero-order valence-corrected chi connectivity index (χ0v) is 14.8. The molecule has 0 aliphatic rings. The summed E-state index contributed by atoms with van der Waals surface area (Å²) >= 11 is 0. The molecule has 2 heterocycles. The third-order valence-electron chi connectivity index (χ3n) is 4.34. The van der Waals surface area contributed by atoms with Crippen molar-refractivity contribution >= 4 is 16.9 Å². The second kappa shape index (κ2) is 7.33. The maximum atomic E-state index is 12.9. The van der Waals surface area contributed by atoms with Crippen LogP contribution in [0.1, 0.15) is 16.1 Å². The van der Waals surface area contributed by atoms with Gasteiger partial charge in [-0.15, -0.1) is 0 Å². The molecule has 0 atom stereocenters. The minimum Gasteiger partial charge on any atom is -0.497 e. The van der Waals surface area contributed by atoms with E-state index in [-0.39, 0.29) is 11.7 Å². The molecule has 5 nitrogen and oxygen atoms in total. The number of amides is 1. The van der Waals surface area contributed by atoms with Crippen molar-refractivity contribution in [1.29, 1.82) is 0 Å². The summed E-state index contributed by atoms with van der Waals surface area (Å²) in [6, 6.07) is 19.1. The maximum Gasteiger partial charge on any atom is 0.287 e. The highest BCUT2D eigenvalue weighted by Gasteiger charge is 2.22. The van der Waals surface area contributed by atoms with Crippen LogP contribution in [-0.2, 0) is 6.54 Å². The molecule has 4 aromatic rings. The van der Waals surface area contributed by atoms with E-state index in [4.69, 9.17) is 9.15 Å². The highest BCUT2D eigenvalue weighted by Crippen LogP contribution is 2.36. The molecule has 0 bridgehead atoms. The molecule has 0 fully saturated rings. The Bertz CT molecular complexity index is 1070. The van der Waals surface area contributed by atoms with Crippen LogP contribution in [0.5, 0.6) is 5.75 Å². The van der Waals surface area contributed by atoms with Crippen molar-refractivity contribution in [2.24, 2.45) is 0 Å². The highest BCUT2D eigenvalue weighted by molar-refractivity contribution is 6.08. The number of nitrogens with zero attached hydrogens (tertiary/aromatic N) is 1. The minimum absolute atomic E-state index is 0.270. The number of pyridine rings is 1. The van der Waals surface area contributed by atoms with Gasteiger partial charge < -0.3 is 14.5 Å². The van der Waals surface area contributed by atoms with Crippen molar-refractivity contribution in [2.45, 2.75) is 6.54 Å². The van der Waals surface area contributed by atoms with Crippen LogP contribution in [0.4, 0.5) is 0 Å². The smallest absolute Gasteiger partial charge is 0.287 e. The third kappa shape index (κ3) is 3.40. The van der Waals surface area contributed by atoms with E-state index in [1.165, 1.54) is 0 Å². The summed E-state index contributed by atoms with van der Waals surface area (Å²) < 4.78 is 11.2. The number of carbonyl (C=O) groups excluding carboxylic acids is 1. The monoisotopic (exact) mass is 358 g/mol. The summed E-state index contributed by atoms with van der Waals surface area (Å²) in [5, 5.41) is 3.78. The van der Waals surface area contributed by atoms with Gasteiger partial charge in [0.2, 0.25) is 5.76 Å². The van der Waals surface area contributed by atoms with Gasteiger partial charge in [-0.05, 0) is 29.3 Å². The first-order valence-corrected chi connectivity index (χ1v) is 8.59. The maximum absolute atomic E-state index is 12.9. The number of nitrogens with one attached hydrogen (secondary N) is 1. The number of carbonyl (C=O) groups is 1. The van der Waals surface area contributed by atoms with Gasteiger partial charge >= 0.3 is 0 Å². The van der Waals surface area contributed by atoms with Gasteiger partial charge in [0, 0.05) is 36.0 Å². The van der Waals surface area contributed by atoms with Gasteiger partial charge in [0.15, 0.2) is 0 Å². The lowest BCUT2D eigenvalue weighted by Gasteiger charge is -2.06. The average molecular weight is 358 g/mol. The standard InChI is InChI=1S/C22H18N2O3/c1-26-17-9-10-18-19(12-17)27-21(20(18)16-7-3-2-4-8-16)22(25)24-14-15-6-5-11-23-13-15/h2-13H,14H2,1H3,(H,24,25). The first kappa shape index (κ1) is 16.8. The molecule has 4 rings (SSSR count). The summed E-state index contributed by atoms with van der Waals surface area (Å²) in [5.41, 5.74) is 3.23. The first-order chi connectivity index (χ1) is 13.3. The molecular formula is C22H18N2O3. The minimum atomic E-state index is -0.270. The highest BCUT2D eigenvalue weighted by atomic mass is 16.5. The number of benzene rings is 2. The number of hydrogen-bond acceptors (Lipinski definition) is 4. The van der Waals surface area contributed by atoms with Gasteiger partial charge in [-0.1, -0.05) is 36.4 Å². The SMILES string of the molecule is COc1ccc2c(-c3ccccc3)c(C(=O)NCc3cccnc3)oc2c1. The summed E-state index contributed by atoms with van der Waals surface area (Å²) in [6.45, 7) is 0.376. The molecule has 2 aromatic heterocycles. The molecule has 2 aromatic carbocycles. The third-order valence-corrected chi connectivity index (χ3v) is 4.34. The Kier molecular flexibility index (Phi) is 4.58. The lowest BCUT2D eigenvalue weighted by atomic mass is 10.0. The quantitative estimate of drug-likeness (QED) is 0.573. The Hall–Kier alpha value is -3.60. The van der Waals surface area contributed by atoms with Crippen LogP contribution in [-0.4, -0.2) is 18.0 Å². The van der Waals surface area contributed by atoms with Crippen LogP contribution < -0.4 is 10.1 Å². The molecule has 0 saturated heterocycles. The molecule has 1 amide bonds. The second-order valence-corrected chi connectivity index (χ2v) is 6.08. The predicted octanol–water partition coefficient (Wildman–Crippen LogP) is 4.43. The van der Waals surface area contributed by atoms with Crippen LogP contribution >= 0.6 is 0 Å². The van der Waals surface area contributed by atoms with Crippen LogP contribution in [0.15, 0.2) is 77.5 Å². The normalized spacial score (nSPS) is 10.7. The molecule has 27 heavy (non-hydrogen) atoms. The van der Waals surface area contributed by atoms with Crippen molar-refractivity contribution in [2.75, 3.05) is 7.11 Å². The van der Waals surface area contributed by atoms with Crippen molar-refractivity contribution in [3.05, 3.63) is 84.4 Å². The molecule has 0 unspecified atom stereocenters. The average Bonchev–Trinajstić information content (AvgIpc) is 3.12. The number of methoxy groups -OCH3 is 1. The van der Waals surface area contributed by atoms with E-state index < -0.39 is 0 Å².